The van der Waals surface area contributed by atoms with E-state index >= 15 is 0 Å². The van der Waals surface area contributed by atoms with E-state index in [9.17, 15) is 4.79 Å². The van der Waals surface area contributed by atoms with E-state index in [-0.39, 0.29) is 0 Å². The molecule has 0 aromatic carbocycles. The van der Waals surface area contributed by atoms with Crippen molar-refractivity contribution in [3.63, 3.8) is 0 Å². The second-order valence-corrected chi connectivity index (χ2v) is 3.04. The van der Waals surface area contributed by atoms with Crippen LogP contribution in [0.25, 0.3) is 0 Å². The lowest BCUT2D eigenvalue weighted by atomic mass is 10.00. The van der Waals surface area contributed by atoms with Crippen molar-refractivity contribution < 1.29 is 9.90 Å². The van der Waals surface area contributed by atoms with E-state index in [2.05, 4.69) is 5.32 Å². The van der Waals surface area contributed by atoms with E-state index < -0.39 is 12.0 Å². The van der Waals surface area contributed by atoms with Gasteiger partial charge < -0.3 is 16.2 Å². The lowest BCUT2D eigenvalue weighted by Crippen LogP contribution is -2.32. The van der Waals surface area contributed by atoms with Gasteiger partial charge in [-0.05, 0) is 31.8 Å². The van der Waals surface area contributed by atoms with Gasteiger partial charge in [0.05, 0.1) is 0 Å². The average molecular weight is 158 g/mol. The first kappa shape index (κ1) is 8.49. The highest BCUT2D eigenvalue weighted by Gasteiger charge is 2.21. The van der Waals surface area contributed by atoms with Crippen LogP contribution < -0.4 is 11.1 Å². The number of nitrogens with two attached hydrogens (primary N) is 1. The molecule has 1 saturated heterocycles. The fourth-order valence-electron chi connectivity index (χ4n) is 1.38. The Morgan fingerprint density at radius 1 is 1.82 bits per heavy atom. The Bertz CT molecular complexity index is 143. The van der Waals surface area contributed by atoms with Crippen LogP contribution in [0, 0.1) is 5.92 Å². The highest BCUT2D eigenvalue weighted by molar-refractivity contribution is 5.73. The third-order valence-electron chi connectivity index (χ3n) is 2.07. The normalized spacial score (nSPS) is 26.8. The zero-order valence-corrected chi connectivity index (χ0v) is 6.42. The van der Waals surface area contributed by atoms with Gasteiger partial charge in [0.25, 0.3) is 0 Å². The first-order valence-electron chi connectivity index (χ1n) is 3.89. The van der Waals surface area contributed by atoms with E-state index in [0.717, 1.165) is 19.5 Å². The summed E-state index contributed by atoms with van der Waals surface area (Å²) >= 11 is 0. The molecule has 0 saturated carbocycles. The Morgan fingerprint density at radius 3 is 3.00 bits per heavy atom. The maximum Gasteiger partial charge on any atom is 0.320 e. The standard InChI is InChI=1S/C7H14N2O2/c8-6(7(10)11)3-5-1-2-9-4-5/h5-6,9H,1-4,8H2,(H,10,11)/t5-,6-/m0/s1. The quantitative estimate of drug-likeness (QED) is 0.512. The fourth-order valence-corrected chi connectivity index (χ4v) is 1.38. The summed E-state index contributed by atoms with van der Waals surface area (Å²) in [6, 6.07) is -0.681. The molecule has 0 radical (unpaired) electrons. The number of hydrogen-bond acceptors (Lipinski definition) is 3. The molecule has 64 valence electrons. The summed E-state index contributed by atoms with van der Waals surface area (Å²) < 4.78 is 0. The number of nitrogens with one attached hydrogen (secondary N) is 1. The van der Waals surface area contributed by atoms with Crippen LogP contribution in [0.4, 0.5) is 0 Å². The van der Waals surface area contributed by atoms with E-state index in [4.69, 9.17) is 10.8 Å². The predicted octanol–water partition coefficient (Wildman–Crippen LogP) is -0.602. The Kier molecular flexibility index (Phi) is 2.84. The highest BCUT2D eigenvalue weighted by atomic mass is 16.4. The summed E-state index contributed by atoms with van der Waals surface area (Å²) in [7, 11) is 0. The summed E-state index contributed by atoms with van der Waals surface area (Å²) in [6.07, 6.45) is 1.66. The number of aliphatic carboxylic acids is 1. The molecule has 0 aromatic heterocycles. The third-order valence-corrected chi connectivity index (χ3v) is 2.07. The zero-order valence-electron chi connectivity index (χ0n) is 6.42. The molecular weight excluding hydrogens is 144 g/mol. The SMILES string of the molecule is N[C@@H](C[C@@H]1CCNC1)C(=O)O. The van der Waals surface area contributed by atoms with Crippen molar-refractivity contribution in [2.75, 3.05) is 13.1 Å². The first-order chi connectivity index (χ1) is 5.20. The van der Waals surface area contributed by atoms with Crippen molar-refractivity contribution in [2.45, 2.75) is 18.9 Å². The number of rotatable bonds is 3. The predicted molar refractivity (Wildman–Crippen MR) is 41.2 cm³/mol. The maximum absolute atomic E-state index is 10.3. The molecule has 0 unspecified atom stereocenters. The Balaban J connectivity index is 2.23. The van der Waals surface area contributed by atoms with Gasteiger partial charge in [0, 0.05) is 0 Å². The summed E-state index contributed by atoms with van der Waals surface area (Å²) in [5.74, 6) is -0.432. The molecule has 0 aromatic rings. The Hall–Kier alpha value is -0.610. The van der Waals surface area contributed by atoms with Crippen LogP contribution in [0.5, 0.6) is 0 Å². The topological polar surface area (TPSA) is 75.3 Å². The minimum absolute atomic E-state index is 0.459. The van der Waals surface area contributed by atoms with Crippen molar-refractivity contribution in [3.8, 4) is 0 Å². The fraction of sp³-hybridized carbons (Fsp3) is 0.857. The molecule has 1 rings (SSSR count). The lowest BCUT2D eigenvalue weighted by molar-refractivity contribution is -0.138. The van der Waals surface area contributed by atoms with Gasteiger partial charge in [-0.1, -0.05) is 0 Å². The van der Waals surface area contributed by atoms with Crippen LogP contribution in [0.15, 0.2) is 0 Å². The van der Waals surface area contributed by atoms with Gasteiger partial charge in [0.2, 0.25) is 0 Å². The molecule has 1 heterocycles. The summed E-state index contributed by atoms with van der Waals surface area (Å²) in [5.41, 5.74) is 5.37. The number of carboxylic acids is 1. The van der Waals surface area contributed by atoms with Gasteiger partial charge >= 0.3 is 5.97 Å². The second-order valence-electron chi connectivity index (χ2n) is 3.04. The minimum Gasteiger partial charge on any atom is -0.480 e. The zero-order chi connectivity index (χ0) is 8.27. The summed E-state index contributed by atoms with van der Waals surface area (Å²) in [6.45, 7) is 1.91. The van der Waals surface area contributed by atoms with E-state index in [1.165, 1.54) is 0 Å². The van der Waals surface area contributed by atoms with E-state index in [1.54, 1.807) is 0 Å². The molecule has 0 bridgehead atoms. The molecule has 11 heavy (non-hydrogen) atoms. The molecule has 1 aliphatic rings. The maximum atomic E-state index is 10.3. The third kappa shape index (κ3) is 2.48. The molecule has 1 fully saturated rings. The minimum atomic E-state index is -0.892. The second kappa shape index (κ2) is 3.69. The number of carbonyl (C=O) groups is 1. The molecular formula is C7H14N2O2. The van der Waals surface area contributed by atoms with Crippen LogP contribution in [-0.2, 0) is 4.79 Å². The average Bonchev–Trinajstić information content (AvgIpc) is 2.39. The van der Waals surface area contributed by atoms with Gasteiger partial charge in [-0.2, -0.15) is 0 Å². The number of carboxylic acid groups (broad SMARTS) is 1. The first-order valence-corrected chi connectivity index (χ1v) is 3.89. The molecule has 1 aliphatic heterocycles. The van der Waals surface area contributed by atoms with Crippen LogP contribution >= 0.6 is 0 Å². The van der Waals surface area contributed by atoms with Crippen LogP contribution in [-0.4, -0.2) is 30.2 Å². The van der Waals surface area contributed by atoms with Gasteiger partial charge in [0.15, 0.2) is 0 Å². The van der Waals surface area contributed by atoms with Crippen molar-refractivity contribution in [2.24, 2.45) is 11.7 Å². The Labute approximate surface area is 65.8 Å². The van der Waals surface area contributed by atoms with Gasteiger partial charge in [-0.15, -0.1) is 0 Å². The molecule has 4 nitrogen and oxygen atoms in total. The lowest BCUT2D eigenvalue weighted by Gasteiger charge is -2.10. The summed E-state index contributed by atoms with van der Waals surface area (Å²) in [4.78, 5) is 10.3. The molecule has 4 heteroatoms. The van der Waals surface area contributed by atoms with Gasteiger partial charge in [-0.25, -0.2) is 0 Å². The number of hydrogen-bond donors (Lipinski definition) is 3. The Morgan fingerprint density at radius 2 is 2.55 bits per heavy atom. The van der Waals surface area contributed by atoms with Crippen LogP contribution in [0.3, 0.4) is 0 Å². The van der Waals surface area contributed by atoms with Crippen molar-refractivity contribution in [3.05, 3.63) is 0 Å². The van der Waals surface area contributed by atoms with E-state index in [0.29, 0.717) is 12.3 Å². The smallest absolute Gasteiger partial charge is 0.320 e. The van der Waals surface area contributed by atoms with Crippen LogP contribution in [0.2, 0.25) is 0 Å². The molecule has 2 atom stereocenters. The largest absolute Gasteiger partial charge is 0.480 e. The van der Waals surface area contributed by atoms with Crippen LogP contribution in [0.1, 0.15) is 12.8 Å². The molecule has 0 spiro atoms. The van der Waals surface area contributed by atoms with Gasteiger partial charge in [-0.3, -0.25) is 4.79 Å². The summed E-state index contributed by atoms with van der Waals surface area (Å²) in [5, 5.41) is 11.7. The van der Waals surface area contributed by atoms with Crippen molar-refractivity contribution >= 4 is 5.97 Å². The van der Waals surface area contributed by atoms with Crippen molar-refractivity contribution in [1.82, 2.24) is 5.32 Å². The van der Waals surface area contributed by atoms with E-state index in [1.807, 2.05) is 0 Å². The highest BCUT2D eigenvalue weighted by Crippen LogP contribution is 2.13. The monoisotopic (exact) mass is 158 g/mol. The molecule has 0 aliphatic carbocycles. The van der Waals surface area contributed by atoms with Crippen molar-refractivity contribution in [1.29, 1.82) is 0 Å². The molecule has 4 N–H and O–H groups in total. The molecule has 0 amide bonds. The van der Waals surface area contributed by atoms with Gasteiger partial charge in [0.1, 0.15) is 6.04 Å².